The van der Waals surface area contributed by atoms with Crippen molar-refractivity contribution in [3.05, 3.63) is 41.0 Å². The number of nitrogens with zero attached hydrogens (tertiary/aromatic N) is 4. The zero-order valence-corrected chi connectivity index (χ0v) is 9.98. The lowest BCUT2D eigenvalue weighted by Crippen LogP contribution is -2.08. The zero-order valence-electron chi connectivity index (χ0n) is 9.98. The summed E-state index contributed by atoms with van der Waals surface area (Å²) < 4.78 is 6.95. The summed E-state index contributed by atoms with van der Waals surface area (Å²) >= 11 is 0. The van der Waals surface area contributed by atoms with Crippen LogP contribution in [-0.4, -0.2) is 25.8 Å². The SMILES string of the molecule is CC(C)Oc1cc(-n2cncn2)ccc1[N+](=O)[O-]. The number of hydrogen-bond acceptors (Lipinski definition) is 5. The normalized spacial score (nSPS) is 10.6. The molecule has 0 amide bonds. The second-order valence-corrected chi connectivity index (χ2v) is 3.92. The van der Waals surface area contributed by atoms with Gasteiger partial charge >= 0.3 is 5.69 Å². The standard InChI is InChI=1S/C11H12N4O3/c1-8(2)18-11-5-9(14-7-12-6-13-14)3-4-10(11)15(16)17/h3-8H,1-2H3. The van der Waals surface area contributed by atoms with Crippen LogP contribution in [0.4, 0.5) is 5.69 Å². The zero-order chi connectivity index (χ0) is 13.1. The van der Waals surface area contributed by atoms with Gasteiger partial charge in [-0.1, -0.05) is 0 Å². The first kappa shape index (κ1) is 12.0. The highest BCUT2D eigenvalue weighted by molar-refractivity contribution is 5.52. The Morgan fingerprint density at radius 3 is 2.78 bits per heavy atom. The highest BCUT2D eigenvalue weighted by Gasteiger charge is 2.17. The van der Waals surface area contributed by atoms with Gasteiger partial charge < -0.3 is 4.74 Å². The molecule has 0 aliphatic heterocycles. The minimum Gasteiger partial charge on any atom is -0.484 e. The highest BCUT2D eigenvalue weighted by atomic mass is 16.6. The second-order valence-electron chi connectivity index (χ2n) is 3.92. The molecule has 0 aliphatic rings. The Morgan fingerprint density at radius 2 is 2.22 bits per heavy atom. The van der Waals surface area contributed by atoms with Crippen LogP contribution in [0.5, 0.6) is 5.75 Å². The van der Waals surface area contributed by atoms with E-state index < -0.39 is 4.92 Å². The Balaban J connectivity index is 2.45. The third-order valence-corrected chi connectivity index (χ3v) is 2.19. The van der Waals surface area contributed by atoms with Crippen LogP contribution in [0, 0.1) is 10.1 Å². The molecule has 0 aliphatic carbocycles. The van der Waals surface area contributed by atoms with Crippen molar-refractivity contribution < 1.29 is 9.66 Å². The Labute approximate surface area is 103 Å². The van der Waals surface area contributed by atoms with E-state index in [1.165, 1.54) is 23.4 Å². The summed E-state index contributed by atoms with van der Waals surface area (Å²) in [6.07, 6.45) is 2.76. The second kappa shape index (κ2) is 4.82. The van der Waals surface area contributed by atoms with Crippen molar-refractivity contribution >= 4 is 5.69 Å². The van der Waals surface area contributed by atoms with E-state index in [-0.39, 0.29) is 17.5 Å². The molecule has 2 aromatic rings. The van der Waals surface area contributed by atoms with Gasteiger partial charge in [-0.05, 0) is 19.9 Å². The minimum absolute atomic E-state index is 0.0624. The van der Waals surface area contributed by atoms with Gasteiger partial charge in [0.25, 0.3) is 0 Å². The number of rotatable bonds is 4. The molecule has 0 bridgehead atoms. The molecule has 0 saturated heterocycles. The highest BCUT2D eigenvalue weighted by Crippen LogP contribution is 2.29. The van der Waals surface area contributed by atoms with Crippen LogP contribution in [0.25, 0.3) is 5.69 Å². The maximum atomic E-state index is 10.9. The lowest BCUT2D eigenvalue weighted by atomic mass is 10.2. The van der Waals surface area contributed by atoms with Gasteiger partial charge in [-0.15, -0.1) is 0 Å². The predicted octanol–water partition coefficient (Wildman–Crippen LogP) is 1.96. The third-order valence-electron chi connectivity index (χ3n) is 2.19. The monoisotopic (exact) mass is 248 g/mol. The molecule has 0 fully saturated rings. The van der Waals surface area contributed by atoms with Gasteiger partial charge in [-0.25, -0.2) is 9.67 Å². The lowest BCUT2D eigenvalue weighted by Gasteiger charge is -2.11. The van der Waals surface area contributed by atoms with Crippen molar-refractivity contribution in [2.45, 2.75) is 20.0 Å². The average molecular weight is 248 g/mol. The van der Waals surface area contributed by atoms with E-state index in [1.54, 1.807) is 12.1 Å². The summed E-state index contributed by atoms with van der Waals surface area (Å²) in [6, 6.07) is 4.57. The molecule has 2 rings (SSSR count). The molecule has 1 heterocycles. The van der Waals surface area contributed by atoms with Gasteiger partial charge in [0.2, 0.25) is 0 Å². The molecule has 18 heavy (non-hydrogen) atoms. The topological polar surface area (TPSA) is 83.1 Å². The van der Waals surface area contributed by atoms with Crippen LogP contribution < -0.4 is 4.74 Å². The molecule has 0 spiro atoms. The average Bonchev–Trinajstić information content (AvgIpc) is 2.81. The Kier molecular flexibility index (Phi) is 3.22. The lowest BCUT2D eigenvalue weighted by molar-refractivity contribution is -0.386. The van der Waals surface area contributed by atoms with Gasteiger partial charge in [0, 0.05) is 12.1 Å². The number of nitro groups is 1. The molecule has 0 radical (unpaired) electrons. The van der Waals surface area contributed by atoms with Crippen molar-refractivity contribution in [3.63, 3.8) is 0 Å². The predicted molar refractivity (Wildman–Crippen MR) is 63.8 cm³/mol. The maximum Gasteiger partial charge on any atom is 0.311 e. The van der Waals surface area contributed by atoms with E-state index in [2.05, 4.69) is 10.1 Å². The summed E-state index contributed by atoms with van der Waals surface area (Å²) in [6.45, 7) is 3.62. The van der Waals surface area contributed by atoms with Crippen molar-refractivity contribution in [3.8, 4) is 11.4 Å². The summed E-state index contributed by atoms with van der Waals surface area (Å²) in [4.78, 5) is 14.2. The van der Waals surface area contributed by atoms with Crippen molar-refractivity contribution in [2.75, 3.05) is 0 Å². The Morgan fingerprint density at radius 1 is 1.44 bits per heavy atom. The fraction of sp³-hybridized carbons (Fsp3) is 0.273. The van der Waals surface area contributed by atoms with Gasteiger partial charge in [0.05, 0.1) is 16.7 Å². The Hall–Kier alpha value is -2.44. The van der Waals surface area contributed by atoms with Crippen LogP contribution >= 0.6 is 0 Å². The smallest absolute Gasteiger partial charge is 0.311 e. The quantitative estimate of drug-likeness (QED) is 0.610. The fourth-order valence-corrected chi connectivity index (χ4v) is 1.49. The van der Waals surface area contributed by atoms with E-state index in [0.29, 0.717) is 5.69 Å². The fourth-order valence-electron chi connectivity index (χ4n) is 1.49. The summed E-state index contributed by atoms with van der Waals surface area (Å²) in [5, 5.41) is 14.9. The van der Waals surface area contributed by atoms with Crippen molar-refractivity contribution in [1.82, 2.24) is 14.8 Å². The molecule has 0 saturated carbocycles. The number of benzene rings is 1. The molecule has 0 atom stereocenters. The molecule has 1 aromatic carbocycles. The first-order valence-corrected chi connectivity index (χ1v) is 5.38. The molecular weight excluding hydrogens is 236 g/mol. The van der Waals surface area contributed by atoms with Gasteiger partial charge in [0.15, 0.2) is 5.75 Å². The maximum absolute atomic E-state index is 10.9. The van der Waals surface area contributed by atoms with Crippen molar-refractivity contribution in [2.24, 2.45) is 0 Å². The third kappa shape index (κ3) is 2.45. The summed E-state index contributed by atoms with van der Waals surface area (Å²) in [7, 11) is 0. The Bertz CT molecular complexity index is 551. The number of ether oxygens (including phenoxy) is 1. The molecule has 94 valence electrons. The molecule has 7 nitrogen and oxygen atoms in total. The molecule has 0 N–H and O–H groups in total. The number of aromatic nitrogens is 3. The van der Waals surface area contributed by atoms with E-state index in [9.17, 15) is 10.1 Å². The van der Waals surface area contributed by atoms with E-state index in [0.717, 1.165) is 0 Å². The van der Waals surface area contributed by atoms with Gasteiger partial charge in [0.1, 0.15) is 12.7 Å². The number of hydrogen-bond donors (Lipinski definition) is 0. The van der Waals surface area contributed by atoms with Gasteiger partial charge in [-0.3, -0.25) is 10.1 Å². The minimum atomic E-state index is -0.469. The molecule has 0 unspecified atom stereocenters. The first-order chi connectivity index (χ1) is 8.58. The first-order valence-electron chi connectivity index (χ1n) is 5.38. The molecule has 7 heteroatoms. The van der Waals surface area contributed by atoms with E-state index in [4.69, 9.17) is 4.74 Å². The molecule has 1 aromatic heterocycles. The van der Waals surface area contributed by atoms with Crippen LogP contribution in [0.2, 0.25) is 0 Å². The van der Waals surface area contributed by atoms with E-state index in [1.807, 2.05) is 13.8 Å². The van der Waals surface area contributed by atoms with Crippen LogP contribution in [0.3, 0.4) is 0 Å². The van der Waals surface area contributed by atoms with E-state index >= 15 is 0 Å². The molecular formula is C11H12N4O3. The van der Waals surface area contributed by atoms with Crippen LogP contribution in [0.15, 0.2) is 30.9 Å². The van der Waals surface area contributed by atoms with Crippen molar-refractivity contribution in [1.29, 1.82) is 0 Å². The summed E-state index contributed by atoms with van der Waals surface area (Å²) in [5.74, 6) is 0.225. The van der Waals surface area contributed by atoms with Crippen LogP contribution in [-0.2, 0) is 0 Å². The number of nitro benzene ring substituents is 1. The largest absolute Gasteiger partial charge is 0.484 e. The summed E-state index contributed by atoms with van der Waals surface area (Å²) in [5.41, 5.74) is 0.598. The van der Waals surface area contributed by atoms with Gasteiger partial charge in [-0.2, -0.15) is 5.10 Å². The van der Waals surface area contributed by atoms with Crippen LogP contribution in [0.1, 0.15) is 13.8 Å².